The Morgan fingerprint density at radius 1 is 1.59 bits per heavy atom. The van der Waals surface area contributed by atoms with Gasteiger partial charge in [-0.1, -0.05) is 0 Å². The maximum atomic E-state index is 11.8. The average Bonchev–Trinajstić information content (AvgIpc) is 2.67. The van der Waals surface area contributed by atoms with Crippen LogP contribution in [0.2, 0.25) is 0 Å². The van der Waals surface area contributed by atoms with Crippen LogP contribution in [0.3, 0.4) is 0 Å². The number of aliphatic hydroxyl groups is 1. The number of rotatable bonds is 2. The molecular formula is C12H15BrN2O2. The first-order chi connectivity index (χ1) is 8.02. The molecule has 1 fully saturated rings. The molecule has 92 valence electrons. The molecule has 1 aliphatic rings. The van der Waals surface area contributed by atoms with E-state index in [0.717, 1.165) is 15.7 Å². The van der Waals surface area contributed by atoms with Crippen molar-refractivity contribution in [3.8, 4) is 0 Å². The second-order valence-corrected chi connectivity index (χ2v) is 5.25. The van der Waals surface area contributed by atoms with Gasteiger partial charge in [-0.3, -0.25) is 9.69 Å². The molecule has 1 aromatic heterocycles. The highest BCUT2D eigenvalue weighted by molar-refractivity contribution is 9.10. The zero-order valence-corrected chi connectivity index (χ0v) is 11.5. The molecule has 1 aliphatic heterocycles. The largest absolute Gasteiger partial charge is 0.396 e. The van der Waals surface area contributed by atoms with Crippen molar-refractivity contribution in [3.05, 3.63) is 21.8 Å². The number of hydrogen-bond acceptors (Lipinski definition) is 3. The fourth-order valence-electron chi connectivity index (χ4n) is 2.06. The van der Waals surface area contributed by atoms with Gasteiger partial charge < -0.3 is 5.11 Å². The van der Waals surface area contributed by atoms with E-state index in [1.165, 1.54) is 0 Å². The Balaban J connectivity index is 2.32. The standard InChI is InChI=1S/C12H15BrN2O2/c1-7-3-10(14-8(2)12(7)13)15-5-9(6-16)4-11(15)17/h3,9,16H,4-6H2,1-2H3. The number of aromatic nitrogens is 1. The van der Waals surface area contributed by atoms with E-state index in [1.54, 1.807) is 4.90 Å². The van der Waals surface area contributed by atoms with Gasteiger partial charge in [0.2, 0.25) is 5.91 Å². The number of nitrogens with zero attached hydrogens (tertiary/aromatic N) is 2. The Morgan fingerprint density at radius 2 is 2.29 bits per heavy atom. The lowest BCUT2D eigenvalue weighted by atomic mass is 10.1. The summed E-state index contributed by atoms with van der Waals surface area (Å²) in [6, 6.07) is 1.90. The Morgan fingerprint density at radius 3 is 2.82 bits per heavy atom. The molecule has 1 atom stereocenters. The fourth-order valence-corrected chi connectivity index (χ4v) is 2.26. The average molecular weight is 299 g/mol. The molecule has 0 aromatic carbocycles. The predicted octanol–water partition coefficient (Wildman–Crippen LogP) is 1.81. The molecule has 0 aliphatic carbocycles. The van der Waals surface area contributed by atoms with Crippen LogP contribution in [0.5, 0.6) is 0 Å². The Bertz CT molecular complexity index is 439. The second-order valence-electron chi connectivity index (χ2n) is 4.45. The topological polar surface area (TPSA) is 53.4 Å². The summed E-state index contributed by atoms with van der Waals surface area (Å²) in [4.78, 5) is 17.9. The van der Waals surface area contributed by atoms with Gasteiger partial charge in [0.15, 0.2) is 0 Å². The molecule has 4 nitrogen and oxygen atoms in total. The normalized spacial score (nSPS) is 20.1. The van der Waals surface area contributed by atoms with Crippen LogP contribution in [0.25, 0.3) is 0 Å². The second kappa shape index (κ2) is 4.74. The van der Waals surface area contributed by atoms with Crippen LogP contribution in [0.1, 0.15) is 17.7 Å². The van der Waals surface area contributed by atoms with Gasteiger partial charge in [-0.05, 0) is 41.4 Å². The zero-order valence-electron chi connectivity index (χ0n) is 9.90. The third kappa shape index (κ3) is 2.35. The Labute approximate surface area is 109 Å². The van der Waals surface area contributed by atoms with Crippen LogP contribution in [0.4, 0.5) is 5.82 Å². The van der Waals surface area contributed by atoms with Gasteiger partial charge >= 0.3 is 0 Å². The summed E-state index contributed by atoms with van der Waals surface area (Å²) in [5.74, 6) is 0.760. The van der Waals surface area contributed by atoms with Crippen molar-refractivity contribution in [1.82, 2.24) is 4.98 Å². The molecule has 0 spiro atoms. The summed E-state index contributed by atoms with van der Waals surface area (Å²) in [5.41, 5.74) is 1.94. The highest BCUT2D eigenvalue weighted by Gasteiger charge is 2.31. The van der Waals surface area contributed by atoms with E-state index in [9.17, 15) is 4.79 Å². The molecule has 1 unspecified atom stereocenters. The van der Waals surface area contributed by atoms with E-state index < -0.39 is 0 Å². The van der Waals surface area contributed by atoms with E-state index in [4.69, 9.17) is 5.11 Å². The number of amides is 1. The number of anilines is 1. The van der Waals surface area contributed by atoms with E-state index >= 15 is 0 Å². The van der Waals surface area contributed by atoms with Gasteiger partial charge in [-0.25, -0.2) is 4.98 Å². The maximum Gasteiger partial charge on any atom is 0.228 e. The monoisotopic (exact) mass is 298 g/mol. The van der Waals surface area contributed by atoms with E-state index in [-0.39, 0.29) is 18.4 Å². The lowest BCUT2D eigenvalue weighted by molar-refractivity contribution is -0.117. The molecule has 1 amide bonds. The molecule has 2 rings (SSSR count). The van der Waals surface area contributed by atoms with Crippen LogP contribution in [0, 0.1) is 19.8 Å². The van der Waals surface area contributed by atoms with E-state index in [0.29, 0.717) is 18.8 Å². The summed E-state index contributed by atoms with van der Waals surface area (Å²) in [5, 5.41) is 9.09. The number of aryl methyl sites for hydroxylation is 2. The van der Waals surface area contributed by atoms with Crippen molar-refractivity contribution in [1.29, 1.82) is 0 Å². The highest BCUT2D eigenvalue weighted by atomic mass is 79.9. The molecular weight excluding hydrogens is 284 g/mol. The maximum absolute atomic E-state index is 11.8. The first-order valence-electron chi connectivity index (χ1n) is 5.58. The lowest BCUT2D eigenvalue weighted by Crippen LogP contribution is -2.26. The molecule has 2 heterocycles. The summed E-state index contributed by atoms with van der Waals surface area (Å²) in [6.45, 7) is 4.50. The van der Waals surface area contributed by atoms with Crippen LogP contribution in [-0.4, -0.2) is 29.1 Å². The van der Waals surface area contributed by atoms with Crippen molar-refractivity contribution in [2.75, 3.05) is 18.1 Å². The van der Waals surface area contributed by atoms with Crippen molar-refractivity contribution < 1.29 is 9.90 Å². The number of pyridine rings is 1. The fraction of sp³-hybridized carbons (Fsp3) is 0.500. The number of halogens is 1. The van der Waals surface area contributed by atoms with Crippen LogP contribution in [-0.2, 0) is 4.79 Å². The molecule has 1 N–H and O–H groups in total. The minimum atomic E-state index is 0.0357. The highest BCUT2D eigenvalue weighted by Crippen LogP contribution is 2.28. The summed E-state index contributed by atoms with van der Waals surface area (Å²) >= 11 is 3.46. The van der Waals surface area contributed by atoms with Crippen molar-refractivity contribution in [3.63, 3.8) is 0 Å². The Hall–Kier alpha value is -0.940. The van der Waals surface area contributed by atoms with Gasteiger partial charge in [0.1, 0.15) is 5.82 Å². The molecule has 0 saturated carbocycles. The van der Waals surface area contributed by atoms with Gasteiger partial charge in [0, 0.05) is 30.0 Å². The van der Waals surface area contributed by atoms with Crippen LogP contribution < -0.4 is 4.90 Å². The molecule has 5 heteroatoms. The van der Waals surface area contributed by atoms with Gasteiger partial charge in [0.25, 0.3) is 0 Å². The SMILES string of the molecule is Cc1cc(N2CC(CO)CC2=O)nc(C)c1Br. The first-order valence-corrected chi connectivity index (χ1v) is 6.37. The summed E-state index contributed by atoms with van der Waals surface area (Å²) in [7, 11) is 0. The number of hydrogen-bond donors (Lipinski definition) is 1. The summed E-state index contributed by atoms with van der Waals surface area (Å²) < 4.78 is 0.978. The predicted molar refractivity (Wildman–Crippen MR) is 69.0 cm³/mol. The smallest absolute Gasteiger partial charge is 0.228 e. The van der Waals surface area contributed by atoms with E-state index in [2.05, 4.69) is 20.9 Å². The molecule has 0 radical (unpaired) electrons. The lowest BCUT2D eigenvalue weighted by Gasteiger charge is -2.17. The zero-order chi connectivity index (χ0) is 12.6. The van der Waals surface area contributed by atoms with Crippen LogP contribution >= 0.6 is 15.9 Å². The minimum absolute atomic E-state index is 0.0357. The Kier molecular flexibility index (Phi) is 3.49. The van der Waals surface area contributed by atoms with Gasteiger partial charge in [0.05, 0.1) is 5.69 Å². The first kappa shape index (κ1) is 12.5. The third-order valence-corrected chi connectivity index (χ3v) is 4.23. The van der Waals surface area contributed by atoms with Crippen molar-refractivity contribution in [2.45, 2.75) is 20.3 Å². The quantitative estimate of drug-likeness (QED) is 0.906. The van der Waals surface area contributed by atoms with Crippen molar-refractivity contribution in [2.24, 2.45) is 5.92 Å². The van der Waals surface area contributed by atoms with Crippen molar-refractivity contribution >= 4 is 27.7 Å². The van der Waals surface area contributed by atoms with Crippen LogP contribution in [0.15, 0.2) is 10.5 Å². The number of carbonyl (C=O) groups is 1. The van der Waals surface area contributed by atoms with E-state index in [1.807, 2.05) is 19.9 Å². The summed E-state index contributed by atoms with van der Waals surface area (Å²) in [6.07, 6.45) is 0.409. The molecule has 0 bridgehead atoms. The minimum Gasteiger partial charge on any atom is -0.396 e. The molecule has 17 heavy (non-hydrogen) atoms. The molecule has 1 saturated heterocycles. The van der Waals surface area contributed by atoms with Gasteiger partial charge in [-0.2, -0.15) is 0 Å². The number of aliphatic hydroxyl groups excluding tert-OH is 1. The third-order valence-electron chi connectivity index (χ3n) is 3.03. The number of carbonyl (C=O) groups excluding carboxylic acids is 1. The van der Waals surface area contributed by atoms with Gasteiger partial charge in [-0.15, -0.1) is 0 Å². The molecule has 1 aromatic rings.